The fraction of sp³-hybridized carbons (Fsp3) is 0.611. The van der Waals surface area contributed by atoms with Crippen molar-refractivity contribution >= 4 is 80.7 Å². The first-order valence-electron chi connectivity index (χ1n) is 8.18. The van der Waals surface area contributed by atoms with Gasteiger partial charge in [0.15, 0.2) is 0 Å². The zero-order chi connectivity index (χ0) is 19.1. The van der Waals surface area contributed by atoms with Crippen LogP contribution in [0.2, 0.25) is 0 Å². The van der Waals surface area contributed by atoms with E-state index in [9.17, 15) is 4.79 Å². The van der Waals surface area contributed by atoms with Crippen LogP contribution >= 0.6 is 75.5 Å². The average molecular weight is 623 g/mol. The molecule has 25 heavy (non-hydrogen) atoms. The van der Waals surface area contributed by atoms with E-state index in [0.717, 1.165) is 28.4 Å². The number of hydrogen-bond donors (Lipinski definition) is 0. The second kappa shape index (κ2) is 11.1. The van der Waals surface area contributed by atoms with Crippen LogP contribution in [0.25, 0.3) is 0 Å². The molecule has 142 valence electrons. The fourth-order valence-corrected chi connectivity index (χ4v) is 4.06. The summed E-state index contributed by atoms with van der Waals surface area (Å²) in [6.45, 7) is 7.61. The molecule has 0 saturated heterocycles. The number of rotatable bonds is 9. The summed E-state index contributed by atoms with van der Waals surface area (Å²) >= 11 is 15.8. The highest BCUT2D eigenvalue weighted by molar-refractivity contribution is 9.12. The number of alkyl halides is 4. The summed E-state index contributed by atoms with van der Waals surface area (Å²) in [5, 5.41) is 1.62. The Balaban J connectivity index is 2.92. The maximum atomic E-state index is 13.0. The number of carbonyl (C=O) groups excluding carboxylic acids is 1. The predicted molar refractivity (Wildman–Crippen MR) is 126 cm³/mol. The molecule has 0 radical (unpaired) electrons. The molecule has 0 fully saturated rings. The number of benzene rings is 1. The van der Waals surface area contributed by atoms with Gasteiger partial charge >= 0.3 is 0 Å². The van der Waals surface area contributed by atoms with Crippen molar-refractivity contribution < 1.29 is 4.79 Å². The third-order valence-corrected chi connectivity index (χ3v) is 9.46. The van der Waals surface area contributed by atoms with E-state index in [4.69, 9.17) is 0 Å². The Hall–Kier alpha value is 0.960. The quantitative estimate of drug-likeness (QED) is 0.214. The first-order valence-corrected chi connectivity index (χ1v) is 12.8. The number of halogens is 4. The third-order valence-electron chi connectivity index (χ3n) is 3.50. The molecule has 0 aliphatic rings. The molecule has 0 aliphatic carbocycles. The van der Waals surface area contributed by atoms with Crippen molar-refractivity contribution in [3.05, 3.63) is 29.8 Å². The van der Waals surface area contributed by atoms with Gasteiger partial charge in [0.2, 0.25) is 0 Å². The SMILES string of the molecule is CCCc1cccc(SC(=O)N(CC(C)(Br)CBr)CC(C)(Br)CBr)c1. The van der Waals surface area contributed by atoms with Gasteiger partial charge in [-0.15, -0.1) is 0 Å². The third kappa shape index (κ3) is 9.13. The summed E-state index contributed by atoms with van der Waals surface area (Å²) in [4.78, 5) is 15.9. The van der Waals surface area contributed by atoms with Gasteiger partial charge in [-0.2, -0.15) is 0 Å². The van der Waals surface area contributed by atoms with Gasteiger partial charge in [-0.1, -0.05) is 89.2 Å². The van der Waals surface area contributed by atoms with E-state index in [2.05, 4.69) is 96.6 Å². The molecule has 7 heteroatoms. The fourth-order valence-electron chi connectivity index (χ4n) is 2.28. The van der Waals surface area contributed by atoms with Crippen molar-refractivity contribution in [2.45, 2.75) is 47.2 Å². The highest BCUT2D eigenvalue weighted by Crippen LogP contribution is 2.30. The minimum atomic E-state index is -0.164. The molecule has 1 amide bonds. The first-order chi connectivity index (χ1) is 11.6. The molecule has 0 aliphatic heterocycles. The summed E-state index contributed by atoms with van der Waals surface area (Å²) in [5.74, 6) is 0. The van der Waals surface area contributed by atoms with E-state index in [1.54, 1.807) is 0 Å². The van der Waals surface area contributed by atoms with Crippen molar-refractivity contribution in [2.24, 2.45) is 0 Å². The van der Waals surface area contributed by atoms with Crippen LogP contribution in [0.5, 0.6) is 0 Å². The summed E-state index contributed by atoms with van der Waals surface area (Å²) in [7, 11) is 0. The maximum absolute atomic E-state index is 13.0. The van der Waals surface area contributed by atoms with Crippen molar-refractivity contribution in [2.75, 3.05) is 23.7 Å². The van der Waals surface area contributed by atoms with Gasteiger partial charge < -0.3 is 4.90 Å². The minimum Gasteiger partial charge on any atom is -0.330 e. The summed E-state index contributed by atoms with van der Waals surface area (Å²) in [6, 6.07) is 8.29. The molecule has 2 nitrogen and oxygen atoms in total. The van der Waals surface area contributed by atoms with Crippen LogP contribution in [0.15, 0.2) is 29.2 Å². The zero-order valence-electron chi connectivity index (χ0n) is 14.8. The Morgan fingerprint density at radius 1 is 1.12 bits per heavy atom. The summed E-state index contributed by atoms with van der Waals surface area (Å²) in [5.41, 5.74) is 1.28. The Bertz CT molecular complexity index is 548. The van der Waals surface area contributed by atoms with Crippen molar-refractivity contribution in [3.63, 3.8) is 0 Å². The Kier molecular flexibility index (Phi) is 10.6. The molecular weight excluding hydrogens is 598 g/mol. The Morgan fingerprint density at radius 2 is 1.68 bits per heavy atom. The zero-order valence-corrected chi connectivity index (χ0v) is 22.0. The number of carbonyl (C=O) groups is 1. The molecule has 0 spiro atoms. The van der Waals surface area contributed by atoms with Gasteiger partial charge in [0.05, 0.1) is 8.65 Å². The number of aryl methyl sites for hydroxylation is 1. The highest BCUT2D eigenvalue weighted by Gasteiger charge is 2.31. The molecule has 2 atom stereocenters. The molecule has 0 heterocycles. The number of amides is 1. The van der Waals surface area contributed by atoms with Gasteiger partial charge in [-0.3, -0.25) is 4.79 Å². The smallest absolute Gasteiger partial charge is 0.286 e. The van der Waals surface area contributed by atoms with E-state index in [1.807, 2.05) is 17.0 Å². The van der Waals surface area contributed by atoms with E-state index < -0.39 is 0 Å². The molecular formula is C18H25Br4NOS. The first kappa shape index (κ1) is 24.0. The van der Waals surface area contributed by atoms with Gasteiger partial charge in [-0.05, 0) is 49.7 Å². The molecule has 0 saturated carbocycles. The van der Waals surface area contributed by atoms with Crippen LogP contribution < -0.4 is 0 Å². The lowest BCUT2D eigenvalue weighted by Crippen LogP contribution is -2.46. The van der Waals surface area contributed by atoms with Gasteiger partial charge in [-0.25, -0.2) is 0 Å². The van der Waals surface area contributed by atoms with Crippen LogP contribution in [0, 0.1) is 0 Å². The molecule has 2 unspecified atom stereocenters. The number of thioether (sulfide) groups is 1. The monoisotopic (exact) mass is 619 g/mol. The van der Waals surface area contributed by atoms with Crippen LogP contribution in [0.1, 0.15) is 32.8 Å². The largest absolute Gasteiger partial charge is 0.330 e. The van der Waals surface area contributed by atoms with Crippen LogP contribution in [0.3, 0.4) is 0 Å². The molecule has 1 aromatic rings. The molecule has 0 N–H and O–H groups in total. The standard InChI is InChI=1S/C18H25Br4NOS/c1-4-6-14-7-5-8-15(9-14)25-16(24)23(12-17(2,21)10-19)13-18(3,22)11-20/h5,7-9H,4,6,10-13H2,1-3H3. The van der Waals surface area contributed by atoms with Gasteiger partial charge in [0.1, 0.15) is 0 Å². The highest BCUT2D eigenvalue weighted by atomic mass is 79.9. The lowest BCUT2D eigenvalue weighted by atomic mass is 10.1. The lowest BCUT2D eigenvalue weighted by molar-refractivity contribution is 0.216. The van der Waals surface area contributed by atoms with Crippen molar-refractivity contribution in [3.8, 4) is 0 Å². The van der Waals surface area contributed by atoms with E-state index >= 15 is 0 Å². The molecule has 0 aromatic heterocycles. The van der Waals surface area contributed by atoms with E-state index in [1.165, 1.54) is 17.3 Å². The van der Waals surface area contributed by atoms with Crippen LogP contribution in [-0.4, -0.2) is 42.5 Å². The normalized spacial score (nSPS) is 16.1. The number of hydrogen-bond acceptors (Lipinski definition) is 2. The Morgan fingerprint density at radius 3 is 2.16 bits per heavy atom. The maximum Gasteiger partial charge on any atom is 0.286 e. The predicted octanol–water partition coefficient (Wildman–Crippen LogP) is 7.25. The minimum absolute atomic E-state index is 0.0758. The number of nitrogens with zero attached hydrogens (tertiary/aromatic N) is 1. The van der Waals surface area contributed by atoms with Crippen LogP contribution in [-0.2, 0) is 6.42 Å². The second-order valence-corrected chi connectivity index (χ2v) is 12.7. The van der Waals surface area contributed by atoms with Gasteiger partial charge in [0.25, 0.3) is 5.24 Å². The average Bonchev–Trinajstić information content (AvgIpc) is 2.54. The van der Waals surface area contributed by atoms with E-state index in [-0.39, 0.29) is 13.9 Å². The second-order valence-electron chi connectivity index (χ2n) is 6.72. The van der Waals surface area contributed by atoms with Crippen molar-refractivity contribution in [1.82, 2.24) is 4.90 Å². The van der Waals surface area contributed by atoms with Crippen LogP contribution in [0.4, 0.5) is 4.79 Å². The van der Waals surface area contributed by atoms with Gasteiger partial charge in [0, 0.05) is 28.6 Å². The van der Waals surface area contributed by atoms with Crippen molar-refractivity contribution in [1.29, 1.82) is 0 Å². The topological polar surface area (TPSA) is 20.3 Å². The molecule has 1 aromatic carbocycles. The molecule has 0 bridgehead atoms. The summed E-state index contributed by atoms with van der Waals surface area (Å²) in [6.07, 6.45) is 2.15. The molecule has 1 rings (SSSR count). The lowest BCUT2D eigenvalue weighted by Gasteiger charge is -2.34. The Labute approximate surface area is 189 Å². The summed E-state index contributed by atoms with van der Waals surface area (Å²) < 4.78 is -0.328. The van der Waals surface area contributed by atoms with E-state index in [0.29, 0.717) is 13.1 Å².